The number of carbonyl (C=O) groups excluding carboxylic acids is 3. The van der Waals surface area contributed by atoms with Crippen LogP contribution in [-0.4, -0.2) is 34.8 Å². The summed E-state index contributed by atoms with van der Waals surface area (Å²) in [7, 11) is 0. The molecule has 5 nitrogen and oxygen atoms in total. The molecule has 0 spiro atoms. The molecule has 0 bridgehead atoms. The van der Waals surface area contributed by atoms with Gasteiger partial charge in [0, 0.05) is 6.04 Å². The Bertz CT molecular complexity index is 688. The monoisotopic (exact) mass is 299 g/mol. The number of esters is 1. The molecule has 22 heavy (non-hydrogen) atoms. The highest BCUT2D eigenvalue weighted by atomic mass is 16.5. The summed E-state index contributed by atoms with van der Waals surface area (Å²) in [5, 5.41) is 0. The van der Waals surface area contributed by atoms with Crippen molar-refractivity contribution in [3.05, 3.63) is 34.9 Å². The van der Waals surface area contributed by atoms with Crippen molar-refractivity contribution in [3.8, 4) is 0 Å². The number of benzene rings is 1. The number of hydrogen-bond donors (Lipinski definition) is 0. The second kappa shape index (κ2) is 4.66. The van der Waals surface area contributed by atoms with Gasteiger partial charge in [-0.1, -0.05) is 0 Å². The molecule has 2 saturated carbocycles. The Hall–Kier alpha value is -2.17. The van der Waals surface area contributed by atoms with Crippen LogP contribution in [-0.2, 0) is 4.74 Å². The summed E-state index contributed by atoms with van der Waals surface area (Å²) in [6.07, 6.45) is 3.85. The summed E-state index contributed by atoms with van der Waals surface area (Å²) in [6.45, 7) is 1.90. The maximum atomic E-state index is 12.4. The Balaban J connectivity index is 1.58. The van der Waals surface area contributed by atoms with Crippen LogP contribution < -0.4 is 0 Å². The van der Waals surface area contributed by atoms with Gasteiger partial charge < -0.3 is 4.74 Å². The van der Waals surface area contributed by atoms with Crippen molar-refractivity contribution in [1.82, 2.24) is 4.90 Å². The molecule has 114 valence electrons. The lowest BCUT2D eigenvalue weighted by Gasteiger charge is -2.12. The van der Waals surface area contributed by atoms with Crippen LogP contribution >= 0.6 is 0 Å². The van der Waals surface area contributed by atoms with Gasteiger partial charge in [0.1, 0.15) is 6.10 Å². The number of imide groups is 1. The van der Waals surface area contributed by atoms with Gasteiger partial charge in [-0.25, -0.2) is 4.79 Å². The van der Waals surface area contributed by atoms with Crippen molar-refractivity contribution in [2.24, 2.45) is 5.92 Å². The molecule has 3 aliphatic rings. The van der Waals surface area contributed by atoms with Crippen molar-refractivity contribution in [2.75, 3.05) is 0 Å². The summed E-state index contributed by atoms with van der Waals surface area (Å²) in [4.78, 5) is 38.1. The number of amides is 2. The Morgan fingerprint density at radius 3 is 2.45 bits per heavy atom. The van der Waals surface area contributed by atoms with E-state index in [9.17, 15) is 14.4 Å². The summed E-state index contributed by atoms with van der Waals surface area (Å²) >= 11 is 0. The second-order valence-corrected chi connectivity index (χ2v) is 6.42. The summed E-state index contributed by atoms with van der Waals surface area (Å²) in [6, 6.07) is 4.68. The first-order valence-electron chi connectivity index (χ1n) is 7.79. The molecule has 1 aliphatic heterocycles. The Morgan fingerprint density at radius 1 is 1.14 bits per heavy atom. The van der Waals surface area contributed by atoms with Crippen LogP contribution in [0.4, 0.5) is 0 Å². The van der Waals surface area contributed by atoms with E-state index < -0.39 is 5.97 Å². The molecular weight excluding hydrogens is 282 g/mol. The van der Waals surface area contributed by atoms with Gasteiger partial charge in [-0.3, -0.25) is 14.5 Å². The predicted molar refractivity (Wildman–Crippen MR) is 77.6 cm³/mol. The lowest BCUT2D eigenvalue weighted by Crippen LogP contribution is -2.31. The molecule has 2 aliphatic carbocycles. The smallest absolute Gasteiger partial charge is 0.338 e. The predicted octanol–water partition coefficient (Wildman–Crippen LogP) is 2.40. The van der Waals surface area contributed by atoms with Gasteiger partial charge in [-0.05, 0) is 56.7 Å². The van der Waals surface area contributed by atoms with Gasteiger partial charge in [-0.15, -0.1) is 0 Å². The van der Waals surface area contributed by atoms with Crippen molar-refractivity contribution in [1.29, 1.82) is 0 Å². The molecule has 5 heteroatoms. The van der Waals surface area contributed by atoms with Crippen molar-refractivity contribution < 1.29 is 19.1 Å². The molecule has 2 fully saturated rings. The van der Waals surface area contributed by atoms with Gasteiger partial charge in [0.05, 0.1) is 16.7 Å². The van der Waals surface area contributed by atoms with E-state index in [1.165, 1.54) is 11.0 Å². The standard InChI is InChI=1S/C17H17NO4/c1-9(10-2-3-10)22-17(21)11-4-7-13-14(8-11)16(20)18(15(13)19)12-5-6-12/h4,7-10,12H,2-3,5-6H2,1H3. The molecule has 1 unspecified atom stereocenters. The number of hydrogen-bond acceptors (Lipinski definition) is 4. The van der Waals surface area contributed by atoms with Gasteiger partial charge in [0.25, 0.3) is 11.8 Å². The van der Waals surface area contributed by atoms with Gasteiger partial charge in [0.2, 0.25) is 0 Å². The zero-order chi connectivity index (χ0) is 15.4. The molecule has 0 aromatic heterocycles. The maximum absolute atomic E-state index is 12.4. The fraction of sp³-hybridized carbons (Fsp3) is 0.471. The average Bonchev–Trinajstić information content (AvgIpc) is 3.37. The van der Waals surface area contributed by atoms with Gasteiger partial charge in [0.15, 0.2) is 0 Å². The zero-order valence-corrected chi connectivity index (χ0v) is 12.4. The molecule has 1 heterocycles. The molecule has 4 rings (SSSR count). The Kier molecular flexibility index (Phi) is 2.86. The molecule has 1 atom stereocenters. The van der Waals surface area contributed by atoms with Crippen LogP contribution in [0.25, 0.3) is 0 Å². The van der Waals surface area contributed by atoms with E-state index in [4.69, 9.17) is 4.74 Å². The van der Waals surface area contributed by atoms with E-state index >= 15 is 0 Å². The number of ether oxygens (including phenoxy) is 1. The lowest BCUT2D eigenvalue weighted by atomic mass is 10.1. The number of rotatable bonds is 4. The van der Waals surface area contributed by atoms with Gasteiger partial charge >= 0.3 is 5.97 Å². The molecular formula is C17H17NO4. The van der Waals surface area contributed by atoms with E-state index in [1.807, 2.05) is 6.92 Å². The SMILES string of the molecule is CC(OC(=O)c1ccc2c(c1)C(=O)N(C1CC1)C2=O)C1CC1. The minimum absolute atomic E-state index is 0.0395. The van der Waals surface area contributed by atoms with E-state index in [0.717, 1.165) is 25.7 Å². The first-order chi connectivity index (χ1) is 10.6. The first kappa shape index (κ1) is 13.5. The van der Waals surface area contributed by atoms with E-state index in [1.54, 1.807) is 12.1 Å². The molecule has 0 radical (unpaired) electrons. The van der Waals surface area contributed by atoms with Crippen LogP contribution in [0.5, 0.6) is 0 Å². The molecule has 1 aromatic carbocycles. The summed E-state index contributed by atoms with van der Waals surface area (Å²) in [5.41, 5.74) is 1.05. The largest absolute Gasteiger partial charge is 0.459 e. The minimum Gasteiger partial charge on any atom is -0.459 e. The van der Waals surface area contributed by atoms with Crippen LogP contribution in [0.1, 0.15) is 63.7 Å². The summed E-state index contributed by atoms with van der Waals surface area (Å²) in [5.74, 6) is -0.486. The number of nitrogens with zero attached hydrogens (tertiary/aromatic N) is 1. The Morgan fingerprint density at radius 2 is 1.82 bits per heavy atom. The molecule has 2 amide bonds. The second-order valence-electron chi connectivity index (χ2n) is 6.42. The van der Waals surface area contributed by atoms with Crippen LogP contribution in [0.3, 0.4) is 0 Å². The van der Waals surface area contributed by atoms with E-state index in [-0.39, 0.29) is 24.0 Å². The van der Waals surface area contributed by atoms with Crippen molar-refractivity contribution in [2.45, 2.75) is 44.8 Å². The average molecular weight is 299 g/mol. The van der Waals surface area contributed by atoms with Crippen LogP contribution in [0, 0.1) is 5.92 Å². The highest BCUT2D eigenvalue weighted by Gasteiger charge is 2.44. The zero-order valence-electron chi connectivity index (χ0n) is 12.4. The lowest BCUT2D eigenvalue weighted by molar-refractivity contribution is 0.0294. The van der Waals surface area contributed by atoms with Crippen LogP contribution in [0.15, 0.2) is 18.2 Å². The number of fused-ring (bicyclic) bond motifs is 1. The summed E-state index contributed by atoms with van der Waals surface area (Å²) < 4.78 is 5.42. The highest BCUT2D eigenvalue weighted by molar-refractivity contribution is 6.22. The number of carbonyl (C=O) groups is 3. The van der Waals surface area contributed by atoms with Crippen molar-refractivity contribution in [3.63, 3.8) is 0 Å². The van der Waals surface area contributed by atoms with Crippen LogP contribution in [0.2, 0.25) is 0 Å². The van der Waals surface area contributed by atoms with Crippen molar-refractivity contribution >= 4 is 17.8 Å². The molecule has 0 saturated heterocycles. The fourth-order valence-electron chi connectivity index (χ4n) is 2.95. The Labute approximate surface area is 128 Å². The molecule has 1 aromatic rings. The van der Waals surface area contributed by atoms with E-state index in [0.29, 0.717) is 22.6 Å². The first-order valence-corrected chi connectivity index (χ1v) is 7.79. The normalized spacial score (nSPS) is 21.8. The molecule has 0 N–H and O–H groups in total. The third-order valence-electron chi connectivity index (χ3n) is 4.64. The maximum Gasteiger partial charge on any atom is 0.338 e. The van der Waals surface area contributed by atoms with E-state index in [2.05, 4.69) is 0 Å². The fourth-order valence-corrected chi connectivity index (χ4v) is 2.95. The quantitative estimate of drug-likeness (QED) is 0.632. The third kappa shape index (κ3) is 2.12. The highest BCUT2D eigenvalue weighted by Crippen LogP contribution is 2.36. The topological polar surface area (TPSA) is 63.7 Å². The minimum atomic E-state index is -0.424. The third-order valence-corrected chi connectivity index (χ3v) is 4.64. The van der Waals surface area contributed by atoms with Gasteiger partial charge in [-0.2, -0.15) is 0 Å².